The molecule has 0 saturated heterocycles. The van der Waals surface area contributed by atoms with Gasteiger partial charge >= 0.3 is 0 Å². The topological polar surface area (TPSA) is 29.1 Å². The van der Waals surface area contributed by atoms with Gasteiger partial charge in [0.2, 0.25) is 0 Å². The number of halogens is 2. The number of carbonyl (C=O) groups is 1. The van der Waals surface area contributed by atoms with Crippen molar-refractivity contribution in [2.24, 2.45) is 0 Å². The Kier molecular flexibility index (Phi) is 5.29. The van der Waals surface area contributed by atoms with Gasteiger partial charge in [0.05, 0.1) is 0 Å². The normalized spacial score (nSPS) is 11.6. The molecular formula is C14H19ClFNO. The van der Waals surface area contributed by atoms with Gasteiger partial charge in [-0.25, -0.2) is 4.39 Å². The average Bonchev–Trinajstić information content (AvgIpc) is 2.22. The summed E-state index contributed by atoms with van der Waals surface area (Å²) in [5.74, 6) is -0.432. The summed E-state index contributed by atoms with van der Waals surface area (Å²) in [6.45, 7) is 6.69. The highest BCUT2D eigenvalue weighted by atomic mass is 35.5. The fraction of sp³-hybridized carbons (Fsp3) is 0.500. The van der Waals surface area contributed by atoms with Crippen molar-refractivity contribution in [3.63, 3.8) is 0 Å². The van der Waals surface area contributed by atoms with Gasteiger partial charge in [-0.05, 0) is 32.9 Å². The number of nitrogens with one attached hydrogen (secondary N) is 1. The van der Waals surface area contributed by atoms with Crippen LogP contribution in [0.5, 0.6) is 0 Å². The zero-order valence-corrected chi connectivity index (χ0v) is 11.8. The zero-order valence-electron chi connectivity index (χ0n) is 11.0. The number of ketones is 1. The van der Waals surface area contributed by atoms with Crippen molar-refractivity contribution in [3.8, 4) is 0 Å². The van der Waals surface area contributed by atoms with E-state index in [2.05, 4.69) is 5.32 Å². The van der Waals surface area contributed by atoms with Crippen LogP contribution in [0.3, 0.4) is 0 Å². The number of rotatable bonds is 5. The number of carbonyl (C=O) groups excluding carboxylic acids is 1. The smallest absolute Gasteiger partial charge is 0.138 e. The van der Waals surface area contributed by atoms with Crippen LogP contribution >= 0.6 is 11.6 Å². The highest BCUT2D eigenvalue weighted by molar-refractivity contribution is 6.31. The summed E-state index contributed by atoms with van der Waals surface area (Å²) in [4.78, 5) is 11.7. The first kappa shape index (κ1) is 15.1. The molecule has 0 aromatic heterocycles. The maximum atomic E-state index is 13.5. The molecule has 1 aromatic rings. The number of benzene rings is 1. The summed E-state index contributed by atoms with van der Waals surface area (Å²) in [7, 11) is 0. The Morgan fingerprint density at radius 3 is 2.61 bits per heavy atom. The second-order valence-electron chi connectivity index (χ2n) is 5.34. The van der Waals surface area contributed by atoms with E-state index in [0.29, 0.717) is 23.6 Å². The second kappa shape index (κ2) is 6.30. The van der Waals surface area contributed by atoms with Crippen molar-refractivity contribution < 1.29 is 9.18 Å². The molecule has 4 heteroatoms. The van der Waals surface area contributed by atoms with E-state index in [0.717, 1.165) is 0 Å². The first-order valence-corrected chi connectivity index (χ1v) is 6.37. The number of Topliss-reactive ketones (excluding diaryl/α,β-unsaturated/α-hetero) is 1. The molecule has 0 radical (unpaired) electrons. The van der Waals surface area contributed by atoms with Crippen molar-refractivity contribution in [2.75, 3.05) is 6.54 Å². The van der Waals surface area contributed by atoms with Crippen molar-refractivity contribution in [1.29, 1.82) is 0 Å². The molecule has 0 unspecified atom stereocenters. The third kappa shape index (κ3) is 5.15. The Morgan fingerprint density at radius 2 is 2.06 bits per heavy atom. The highest BCUT2D eigenvalue weighted by Gasteiger charge is 2.13. The third-order valence-corrected chi connectivity index (χ3v) is 2.85. The molecule has 18 heavy (non-hydrogen) atoms. The van der Waals surface area contributed by atoms with Gasteiger partial charge < -0.3 is 5.32 Å². The van der Waals surface area contributed by atoms with E-state index in [-0.39, 0.29) is 17.7 Å². The fourth-order valence-corrected chi connectivity index (χ4v) is 1.79. The van der Waals surface area contributed by atoms with Crippen LogP contribution in [0, 0.1) is 5.82 Å². The van der Waals surface area contributed by atoms with E-state index >= 15 is 0 Å². The first-order valence-electron chi connectivity index (χ1n) is 5.99. The van der Waals surface area contributed by atoms with Gasteiger partial charge in [0.15, 0.2) is 0 Å². The Hall–Kier alpha value is -0.930. The number of hydrogen-bond acceptors (Lipinski definition) is 2. The predicted octanol–water partition coefficient (Wildman–Crippen LogP) is 3.37. The lowest BCUT2D eigenvalue weighted by atomic mass is 10.1. The van der Waals surface area contributed by atoms with E-state index in [1.165, 1.54) is 12.1 Å². The molecule has 0 spiro atoms. The largest absolute Gasteiger partial charge is 0.312 e. The monoisotopic (exact) mass is 271 g/mol. The minimum absolute atomic E-state index is 0.0150. The highest BCUT2D eigenvalue weighted by Crippen LogP contribution is 2.19. The first-order chi connectivity index (χ1) is 8.29. The summed E-state index contributed by atoms with van der Waals surface area (Å²) in [5, 5.41) is 3.53. The molecule has 2 nitrogen and oxygen atoms in total. The van der Waals surface area contributed by atoms with Gasteiger partial charge in [0.25, 0.3) is 0 Å². The quantitative estimate of drug-likeness (QED) is 0.890. The predicted molar refractivity (Wildman–Crippen MR) is 72.5 cm³/mol. The summed E-state index contributed by atoms with van der Waals surface area (Å²) < 4.78 is 13.5. The molecule has 0 fully saturated rings. The van der Waals surface area contributed by atoms with Crippen LogP contribution in [0.15, 0.2) is 18.2 Å². The molecule has 0 saturated carbocycles. The maximum absolute atomic E-state index is 13.5. The van der Waals surface area contributed by atoms with E-state index < -0.39 is 5.82 Å². The number of hydrogen-bond donors (Lipinski definition) is 1. The Bertz CT molecular complexity index is 406. The van der Waals surface area contributed by atoms with Crippen LogP contribution in [-0.2, 0) is 11.2 Å². The van der Waals surface area contributed by atoms with Crippen LogP contribution in [0.1, 0.15) is 32.8 Å². The SMILES string of the molecule is CC(C)(C)NCCC(=O)Cc1c(F)cccc1Cl. The van der Waals surface area contributed by atoms with Crippen LogP contribution in [0.2, 0.25) is 5.02 Å². The lowest BCUT2D eigenvalue weighted by Crippen LogP contribution is -2.37. The van der Waals surface area contributed by atoms with E-state index in [4.69, 9.17) is 11.6 Å². The van der Waals surface area contributed by atoms with Gasteiger partial charge in [0, 0.05) is 35.5 Å². The van der Waals surface area contributed by atoms with Gasteiger partial charge in [-0.2, -0.15) is 0 Å². The van der Waals surface area contributed by atoms with Crippen molar-refractivity contribution in [3.05, 3.63) is 34.6 Å². The molecule has 1 N–H and O–H groups in total. The van der Waals surface area contributed by atoms with Gasteiger partial charge in [-0.3, -0.25) is 4.79 Å². The minimum Gasteiger partial charge on any atom is -0.312 e. The molecule has 100 valence electrons. The summed E-state index contributed by atoms with van der Waals surface area (Å²) in [6, 6.07) is 4.45. The van der Waals surface area contributed by atoms with E-state index in [9.17, 15) is 9.18 Å². The van der Waals surface area contributed by atoms with Crippen molar-refractivity contribution >= 4 is 17.4 Å². The molecular weight excluding hydrogens is 253 g/mol. The molecule has 1 aromatic carbocycles. The second-order valence-corrected chi connectivity index (χ2v) is 5.75. The van der Waals surface area contributed by atoms with Crippen molar-refractivity contribution in [2.45, 2.75) is 39.2 Å². The van der Waals surface area contributed by atoms with Crippen LogP contribution in [0.4, 0.5) is 4.39 Å². The summed E-state index contributed by atoms with van der Waals surface area (Å²) in [6.07, 6.45) is 0.430. The van der Waals surface area contributed by atoms with Gasteiger partial charge in [-0.1, -0.05) is 17.7 Å². The Morgan fingerprint density at radius 1 is 1.39 bits per heavy atom. The molecule has 0 aliphatic carbocycles. The minimum atomic E-state index is -0.417. The van der Waals surface area contributed by atoms with Crippen molar-refractivity contribution in [1.82, 2.24) is 5.32 Å². The summed E-state index contributed by atoms with van der Waals surface area (Å²) >= 11 is 5.87. The molecule has 0 bridgehead atoms. The molecule has 0 heterocycles. The molecule has 1 rings (SSSR count). The summed E-state index contributed by atoms with van der Waals surface area (Å²) in [5.41, 5.74) is 0.274. The molecule has 0 atom stereocenters. The Balaban J connectivity index is 2.50. The molecule has 0 amide bonds. The standard InChI is InChI=1S/C14H19ClFNO/c1-14(2,3)17-8-7-10(18)9-11-12(15)5-4-6-13(11)16/h4-6,17H,7-9H2,1-3H3. The fourth-order valence-electron chi connectivity index (χ4n) is 1.56. The van der Waals surface area contributed by atoms with Crippen LogP contribution in [0.25, 0.3) is 0 Å². The maximum Gasteiger partial charge on any atom is 0.138 e. The van der Waals surface area contributed by atoms with Gasteiger partial charge in [-0.15, -0.1) is 0 Å². The lowest BCUT2D eigenvalue weighted by Gasteiger charge is -2.20. The Labute approximate surface area is 113 Å². The van der Waals surface area contributed by atoms with Gasteiger partial charge in [0.1, 0.15) is 11.6 Å². The molecule has 0 aliphatic heterocycles. The van der Waals surface area contributed by atoms with Crippen LogP contribution < -0.4 is 5.32 Å². The van der Waals surface area contributed by atoms with E-state index in [1.54, 1.807) is 6.07 Å². The van der Waals surface area contributed by atoms with E-state index in [1.807, 2.05) is 20.8 Å². The third-order valence-electron chi connectivity index (χ3n) is 2.49. The lowest BCUT2D eigenvalue weighted by molar-refractivity contribution is -0.118. The zero-order chi connectivity index (χ0) is 13.8. The average molecular weight is 272 g/mol. The molecule has 0 aliphatic rings. The van der Waals surface area contributed by atoms with Crippen LogP contribution in [-0.4, -0.2) is 17.9 Å².